The molecule has 0 fully saturated rings. The summed E-state index contributed by atoms with van der Waals surface area (Å²) < 4.78 is 0. The number of nitrogens with zero attached hydrogens (tertiary/aromatic N) is 2. The molecule has 0 saturated heterocycles. The lowest BCUT2D eigenvalue weighted by molar-refractivity contribution is -0.131. The second kappa shape index (κ2) is 8.85. The monoisotopic (exact) mass is 377 g/mol. The van der Waals surface area contributed by atoms with E-state index in [4.69, 9.17) is 0 Å². The first-order chi connectivity index (χ1) is 13.5. The van der Waals surface area contributed by atoms with Crippen LogP contribution in [0.25, 0.3) is 22.2 Å². The molecule has 3 rings (SSSR count). The number of likely N-dealkylation sites (N-methyl/N-ethyl adjacent to an activating group) is 2. The molecule has 0 bridgehead atoms. The average Bonchev–Trinajstić information content (AvgIpc) is 3.09. The van der Waals surface area contributed by atoms with Crippen LogP contribution in [0.4, 0.5) is 0 Å². The van der Waals surface area contributed by atoms with Crippen molar-refractivity contribution in [2.45, 2.75) is 13.8 Å². The number of ketones is 1. The quantitative estimate of drug-likeness (QED) is 0.607. The number of para-hydroxylation sites is 1. The number of nitrogens with one attached hydrogen (secondary N) is 1. The van der Waals surface area contributed by atoms with Crippen LogP contribution in [0.2, 0.25) is 0 Å². The van der Waals surface area contributed by atoms with E-state index < -0.39 is 0 Å². The third kappa shape index (κ3) is 4.15. The second-order valence-corrected chi connectivity index (χ2v) is 6.95. The second-order valence-electron chi connectivity index (χ2n) is 6.95. The molecule has 28 heavy (non-hydrogen) atoms. The number of carbonyl (C=O) groups is 2. The first-order valence-electron chi connectivity index (χ1n) is 9.70. The van der Waals surface area contributed by atoms with E-state index in [-0.39, 0.29) is 24.8 Å². The molecule has 0 aliphatic carbocycles. The summed E-state index contributed by atoms with van der Waals surface area (Å²) in [7, 11) is 1.82. The van der Waals surface area contributed by atoms with Crippen LogP contribution in [0.15, 0.2) is 54.6 Å². The number of hydrogen-bond donors (Lipinski definition) is 1. The van der Waals surface area contributed by atoms with Gasteiger partial charge in [-0.25, -0.2) is 0 Å². The fourth-order valence-electron chi connectivity index (χ4n) is 3.54. The summed E-state index contributed by atoms with van der Waals surface area (Å²) in [4.78, 5) is 32.5. The van der Waals surface area contributed by atoms with Crippen molar-refractivity contribution in [1.29, 1.82) is 0 Å². The Morgan fingerprint density at radius 2 is 1.54 bits per heavy atom. The normalized spacial score (nSPS) is 11.1. The number of aromatic nitrogens is 1. The maximum Gasteiger partial charge on any atom is 0.236 e. The Bertz CT molecular complexity index is 958. The fraction of sp³-hybridized carbons (Fsp3) is 0.304. The number of H-pyrrole nitrogens is 1. The van der Waals surface area contributed by atoms with Gasteiger partial charge in [-0.05, 0) is 32.5 Å². The Labute approximate surface area is 166 Å². The number of Topliss-reactive ketones (excluding diaryl/α,β-unsaturated/α-hetero) is 1. The summed E-state index contributed by atoms with van der Waals surface area (Å²) in [5, 5.41) is 0.912. The van der Waals surface area contributed by atoms with E-state index >= 15 is 0 Å². The Morgan fingerprint density at radius 3 is 2.21 bits per heavy atom. The zero-order valence-electron chi connectivity index (χ0n) is 16.7. The summed E-state index contributed by atoms with van der Waals surface area (Å²) in [5.74, 6) is 0.0497. The Hall–Kier alpha value is -2.92. The summed E-state index contributed by atoms with van der Waals surface area (Å²) in [6.07, 6.45) is 0. The van der Waals surface area contributed by atoms with Crippen LogP contribution in [-0.4, -0.2) is 59.7 Å². The van der Waals surface area contributed by atoms with Gasteiger partial charge in [0.05, 0.1) is 24.3 Å². The lowest BCUT2D eigenvalue weighted by atomic mass is 10.0. The number of hydrogen-bond acceptors (Lipinski definition) is 3. The van der Waals surface area contributed by atoms with Crippen molar-refractivity contribution in [2.24, 2.45) is 0 Å². The Morgan fingerprint density at radius 1 is 0.893 bits per heavy atom. The highest BCUT2D eigenvalue weighted by molar-refractivity contribution is 6.14. The van der Waals surface area contributed by atoms with Crippen LogP contribution >= 0.6 is 0 Å². The van der Waals surface area contributed by atoms with Crippen molar-refractivity contribution < 1.29 is 9.59 Å². The first kappa shape index (κ1) is 19.8. The highest BCUT2D eigenvalue weighted by Gasteiger charge is 2.22. The van der Waals surface area contributed by atoms with Crippen LogP contribution in [-0.2, 0) is 4.79 Å². The van der Waals surface area contributed by atoms with Gasteiger partial charge in [0.25, 0.3) is 0 Å². The largest absolute Gasteiger partial charge is 0.354 e. The number of aromatic amines is 1. The molecular formula is C23H27N3O2. The van der Waals surface area contributed by atoms with Crippen molar-refractivity contribution in [3.8, 4) is 11.3 Å². The van der Waals surface area contributed by atoms with E-state index in [1.807, 2.05) is 75.5 Å². The van der Waals surface area contributed by atoms with E-state index in [0.29, 0.717) is 18.7 Å². The number of carbonyl (C=O) groups excluding carboxylic acids is 2. The van der Waals surface area contributed by atoms with Crippen molar-refractivity contribution in [3.05, 3.63) is 60.2 Å². The molecule has 0 spiro atoms. The molecule has 1 heterocycles. The lowest BCUT2D eigenvalue weighted by Gasteiger charge is -2.22. The molecule has 1 N–H and O–H groups in total. The van der Waals surface area contributed by atoms with Crippen LogP contribution in [0.1, 0.15) is 24.2 Å². The van der Waals surface area contributed by atoms with Crippen LogP contribution < -0.4 is 0 Å². The van der Waals surface area contributed by atoms with Crippen molar-refractivity contribution in [2.75, 3.05) is 33.2 Å². The third-order valence-electron chi connectivity index (χ3n) is 4.98. The van der Waals surface area contributed by atoms with Gasteiger partial charge in [0, 0.05) is 24.0 Å². The predicted octanol–water partition coefficient (Wildman–Crippen LogP) is 3.82. The molecule has 0 saturated carbocycles. The van der Waals surface area contributed by atoms with Gasteiger partial charge in [0.2, 0.25) is 5.91 Å². The maximum absolute atomic E-state index is 13.2. The van der Waals surface area contributed by atoms with Gasteiger partial charge < -0.3 is 9.88 Å². The molecule has 146 valence electrons. The molecule has 0 aliphatic heterocycles. The van der Waals surface area contributed by atoms with E-state index in [0.717, 1.165) is 22.2 Å². The summed E-state index contributed by atoms with van der Waals surface area (Å²) in [5.41, 5.74) is 3.43. The van der Waals surface area contributed by atoms with Gasteiger partial charge in [-0.1, -0.05) is 48.5 Å². The molecule has 0 unspecified atom stereocenters. The van der Waals surface area contributed by atoms with E-state index in [1.165, 1.54) is 0 Å². The molecule has 3 aromatic rings. The number of amides is 1. The molecule has 0 atom stereocenters. The maximum atomic E-state index is 13.2. The van der Waals surface area contributed by atoms with Gasteiger partial charge in [0.1, 0.15) is 0 Å². The molecule has 5 heteroatoms. The standard InChI is InChI=1S/C23H27N3O2/c1-4-26(5-2)21(28)16-25(3)15-20(27)22-18-13-9-10-14-19(18)24-23(22)17-11-7-6-8-12-17/h6-14,24H,4-5,15-16H2,1-3H3. The van der Waals surface area contributed by atoms with Crippen molar-refractivity contribution in [1.82, 2.24) is 14.8 Å². The molecule has 1 amide bonds. The van der Waals surface area contributed by atoms with Crippen LogP contribution in [0.3, 0.4) is 0 Å². The lowest BCUT2D eigenvalue weighted by Crippen LogP contribution is -2.40. The highest BCUT2D eigenvalue weighted by atomic mass is 16.2. The predicted molar refractivity (Wildman–Crippen MR) is 113 cm³/mol. The van der Waals surface area contributed by atoms with Crippen LogP contribution in [0, 0.1) is 0 Å². The molecule has 2 aromatic carbocycles. The van der Waals surface area contributed by atoms with Gasteiger partial charge in [-0.3, -0.25) is 14.5 Å². The summed E-state index contributed by atoms with van der Waals surface area (Å²) >= 11 is 0. The van der Waals surface area contributed by atoms with Gasteiger partial charge in [-0.2, -0.15) is 0 Å². The Kier molecular flexibility index (Phi) is 6.26. The molecule has 0 aliphatic rings. The van der Waals surface area contributed by atoms with Crippen molar-refractivity contribution in [3.63, 3.8) is 0 Å². The first-order valence-corrected chi connectivity index (χ1v) is 9.70. The summed E-state index contributed by atoms with van der Waals surface area (Å²) in [6.45, 7) is 5.70. The number of benzene rings is 2. The molecular weight excluding hydrogens is 350 g/mol. The zero-order chi connectivity index (χ0) is 20.1. The number of rotatable bonds is 8. The minimum Gasteiger partial charge on any atom is -0.354 e. The Balaban J connectivity index is 1.88. The molecule has 0 radical (unpaired) electrons. The smallest absolute Gasteiger partial charge is 0.236 e. The highest BCUT2D eigenvalue weighted by Crippen LogP contribution is 2.30. The molecule has 1 aromatic heterocycles. The fourth-order valence-corrected chi connectivity index (χ4v) is 3.54. The van der Waals surface area contributed by atoms with Crippen molar-refractivity contribution >= 4 is 22.6 Å². The van der Waals surface area contributed by atoms with Gasteiger partial charge in [-0.15, -0.1) is 0 Å². The van der Waals surface area contributed by atoms with Gasteiger partial charge in [0.15, 0.2) is 5.78 Å². The number of fused-ring (bicyclic) bond motifs is 1. The van der Waals surface area contributed by atoms with E-state index in [9.17, 15) is 9.59 Å². The van der Waals surface area contributed by atoms with E-state index in [1.54, 1.807) is 9.80 Å². The zero-order valence-corrected chi connectivity index (χ0v) is 16.7. The average molecular weight is 377 g/mol. The summed E-state index contributed by atoms with van der Waals surface area (Å²) in [6, 6.07) is 17.7. The SMILES string of the molecule is CCN(CC)C(=O)CN(C)CC(=O)c1c(-c2ccccc2)[nH]c2ccccc12. The minimum atomic E-state index is 0.00569. The minimum absolute atomic E-state index is 0.00569. The van der Waals surface area contributed by atoms with E-state index in [2.05, 4.69) is 4.98 Å². The van der Waals surface area contributed by atoms with Crippen LogP contribution in [0.5, 0.6) is 0 Å². The topological polar surface area (TPSA) is 56.4 Å². The third-order valence-corrected chi connectivity index (χ3v) is 4.98. The van der Waals surface area contributed by atoms with Gasteiger partial charge >= 0.3 is 0 Å². The molecule has 5 nitrogen and oxygen atoms in total.